The second-order valence-electron chi connectivity index (χ2n) is 8.85. The number of sulfone groups is 2. The van der Waals surface area contributed by atoms with Crippen molar-refractivity contribution in [1.82, 2.24) is 20.3 Å². The lowest BCUT2D eigenvalue weighted by Crippen LogP contribution is -2.21. The Hall–Kier alpha value is -4.13. The molecule has 12 heteroatoms. The summed E-state index contributed by atoms with van der Waals surface area (Å²) in [4.78, 5) is 13.5. The first-order chi connectivity index (χ1) is 18.7. The number of hydrogen-bond donors (Lipinski definition) is 2. The van der Waals surface area contributed by atoms with Crippen molar-refractivity contribution >= 4 is 42.1 Å². The van der Waals surface area contributed by atoms with Crippen LogP contribution in [0.1, 0.15) is 5.76 Å². The van der Waals surface area contributed by atoms with Gasteiger partial charge in [0.15, 0.2) is 5.76 Å². The molecule has 2 aromatic carbocycles. The minimum atomic E-state index is -3.62. The summed E-state index contributed by atoms with van der Waals surface area (Å²) in [6, 6.07) is 20.2. The molecule has 0 saturated heterocycles. The molecular formula is C27H25N5O5S2. The van der Waals surface area contributed by atoms with Crippen LogP contribution < -0.4 is 10.6 Å². The number of fused-ring (bicyclic) bond motifs is 1. The third-order valence-electron chi connectivity index (χ3n) is 5.87. The van der Waals surface area contributed by atoms with Gasteiger partial charge in [0.1, 0.15) is 33.4 Å². The summed E-state index contributed by atoms with van der Waals surface area (Å²) < 4.78 is 54.2. The third kappa shape index (κ3) is 6.30. The maximum Gasteiger partial charge on any atom is 0.206 e. The summed E-state index contributed by atoms with van der Waals surface area (Å²) >= 11 is 0. The Morgan fingerprint density at radius 3 is 2.33 bits per heavy atom. The number of nitrogens with zero attached hydrogens (tertiary/aromatic N) is 3. The van der Waals surface area contributed by atoms with E-state index >= 15 is 0 Å². The highest BCUT2D eigenvalue weighted by molar-refractivity contribution is 7.91. The molecule has 0 bridgehead atoms. The highest BCUT2D eigenvalue weighted by Crippen LogP contribution is 2.29. The Balaban J connectivity index is 1.34. The fraction of sp³-hybridized carbons (Fsp3) is 0.148. The van der Waals surface area contributed by atoms with Gasteiger partial charge in [-0.05, 0) is 54.6 Å². The fourth-order valence-electron chi connectivity index (χ4n) is 3.86. The number of aromatic nitrogens is 3. The Bertz CT molecular complexity index is 1820. The summed E-state index contributed by atoms with van der Waals surface area (Å²) in [5.41, 5.74) is 1.85. The van der Waals surface area contributed by atoms with Gasteiger partial charge in [0, 0.05) is 23.9 Å². The van der Waals surface area contributed by atoms with Gasteiger partial charge in [0.05, 0.1) is 33.8 Å². The molecule has 0 spiro atoms. The molecule has 5 rings (SSSR count). The molecule has 3 aromatic heterocycles. The molecule has 0 radical (unpaired) electrons. The van der Waals surface area contributed by atoms with Crippen molar-refractivity contribution in [2.24, 2.45) is 0 Å². The molecule has 0 saturated carbocycles. The predicted molar refractivity (Wildman–Crippen MR) is 148 cm³/mol. The average Bonchev–Trinajstić information content (AvgIpc) is 3.40. The summed E-state index contributed by atoms with van der Waals surface area (Å²) in [6.07, 6.45) is 4.25. The van der Waals surface area contributed by atoms with Crippen molar-refractivity contribution in [3.63, 3.8) is 0 Å². The monoisotopic (exact) mass is 563 g/mol. The zero-order valence-corrected chi connectivity index (χ0v) is 22.5. The van der Waals surface area contributed by atoms with Crippen LogP contribution in [-0.2, 0) is 26.2 Å². The van der Waals surface area contributed by atoms with Crippen molar-refractivity contribution in [1.29, 1.82) is 0 Å². The lowest BCUT2D eigenvalue weighted by Gasteiger charge is -2.10. The predicted octanol–water partition coefficient (Wildman–Crippen LogP) is 4.00. The van der Waals surface area contributed by atoms with Crippen LogP contribution in [0.25, 0.3) is 22.4 Å². The second kappa shape index (κ2) is 10.9. The van der Waals surface area contributed by atoms with E-state index in [-0.39, 0.29) is 15.5 Å². The zero-order valence-electron chi connectivity index (χ0n) is 20.9. The van der Waals surface area contributed by atoms with E-state index < -0.39 is 19.7 Å². The van der Waals surface area contributed by atoms with E-state index in [9.17, 15) is 16.8 Å². The van der Waals surface area contributed by atoms with E-state index in [4.69, 9.17) is 4.42 Å². The standard InChI is InChI=1S/C27H25N5O5S2/c1-38(33,34)14-13-28-16-20-9-12-26(37-20)24-15-23-25(17-29-24)30-18-31-27(23)32-19-7-10-22(11-8-19)39(35,36)21-5-3-2-4-6-21/h2-12,15,17-18,28H,13-14,16H2,1H3,(H,30,31,32). The van der Waals surface area contributed by atoms with Gasteiger partial charge in [0.2, 0.25) is 9.84 Å². The van der Waals surface area contributed by atoms with Gasteiger partial charge in [-0.1, -0.05) is 18.2 Å². The number of rotatable bonds is 10. The lowest BCUT2D eigenvalue weighted by molar-refractivity contribution is 0.496. The molecule has 0 fully saturated rings. The van der Waals surface area contributed by atoms with E-state index in [0.717, 1.165) is 0 Å². The van der Waals surface area contributed by atoms with Crippen LogP contribution in [0, 0.1) is 0 Å². The number of furan rings is 1. The van der Waals surface area contributed by atoms with Gasteiger partial charge >= 0.3 is 0 Å². The van der Waals surface area contributed by atoms with E-state index in [2.05, 4.69) is 25.6 Å². The molecular weight excluding hydrogens is 538 g/mol. The van der Waals surface area contributed by atoms with Gasteiger partial charge in [-0.25, -0.2) is 26.8 Å². The third-order valence-corrected chi connectivity index (χ3v) is 8.60. The van der Waals surface area contributed by atoms with E-state index in [1.54, 1.807) is 72.9 Å². The molecule has 0 unspecified atom stereocenters. The maximum absolute atomic E-state index is 12.9. The van der Waals surface area contributed by atoms with Gasteiger partial charge in [-0.2, -0.15) is 0 Å². The number of nitrogens with one attached hydrogen (secondary N) is 2. The van der Waals surface area contributed by atoms with Crippen molar-refractivity contribution in [2.75, 3.05) is 23.9 Å². The molecule has 0 amide bonds. The van der Waals surface area contributed by atoms with Crippen molar-refractivity contribution < 1.29 is 21.3 Å². The first-order valence-corrected chi connectivity index (χ1v) is 15.5. The first-order valence-electron chi connectivity index (χ1n) is 11.9. The average molecular weight is 564 g/mol. The summed E-state index contributed by atoms with van der Waals surface area (Å²) in [5.74, 6) is 1.76. The Kier molecular flexibility index (Phi) is 7.42. The van der Waals surface area contributed by atoms with Crippen LogP contribution in [0.2, 0.25) is 0 Å². The summed E-state index contributed by atoms with van der Waals surface area (Å²) in [6.45, 7) is 0.712. The number of pyridine rings is 1. The largest absolute Gasteiger partial charge is 0.458 e. The van der Waals surface area contributed by atoms with Crippen LogP contribution in [-0.4, -0.2) is 50.3 Å². The van der Waals surface area contributed by atoms with Crippen molar-refractivity contribution in [3.8, 4) is 11.5 Å². The summed E-state index contributed by atoms with van der Waals surface area (Å²) in [7, 11) is -6.65. The summed E-state index contributed by atoms with van der Waals surface area (Å²) in [5, 5.41) is 6.98. The van der Waals surface area contributed by atoms with Crippen molar-refractivity contribution in [3.05, 3.63) is 91.1 Å². The second-order valence-corrected chi connectivity index (χ2v) is 13.1. The smallest absolute Gasteiger partial charge is 0.206 e. The van der Waals surface area contributed by atoms with Crippen LogP contribution in [0.5, 0.6) is 0 Å². The molecule has 0 aliphatic heterocycles. The van der Waals surface area contributed by atoms with E-state index in [0.29, 0.717) is 52.7 Å². The minimum Gasteiger partial charge on any atom is -0.458 e. The molecule has 0 aliphatic carbocycles. The van der Waals surface area contributed by atoms with E-state index in [1.165, 1.54) is 12.6 Å². The molecule has 5 aromatic rings. The van der Waals surface area contributed by atoms with Gasteiger partial charge < -0.3 is 15.1 Å². The highest BCUT2D eigenvalue weighted by atomic mass is 32.2. The lowest BCUT2D eigenvalue weighted by atomic mass is 10.2. The number of benzene rings is 2. The number of anilines is 2. The molecule has 0 atom stereocenters. The van der Waals surface area contributed by atoms with Crippen LogP contribution >= 0.6 is 0 Å². The Labute approximate surface area is 226 Å². The zero-order chi connectivity index (χ0) is 27.5. The molecule has 2 N–H and O–H groups in total. The highest BCUT2D eigenvalue weighted by Gasteiger charge is 2.17. The van der Waals surface area contributed by atoms with Gasteiger partial charge in [0.25, 0.3) is 0 Å². The Morgan fingerprint density at radius 1 is 0.846 bits per heavy atom. The van der Waals surface area contributed by atoms with Gasteiger partial charge in [-0.3, -0.25) is 4.98 Å². The molecule has 10 nitrogen and oxygen atoms in total. The minimum absolute atomic E-state index is 0.0497. The molecule has 0 aliphatic rings. The first kappa shape index (κ1) is 26.5. The van der Waals surface area contributed by atoms with E-state index in [1.807, 2.05) is 6.07 Å². The fourth-order valence-corrected chi connectivity index (χ4v) is 5.66. The molecule has 200 valence electrons. The number of hydrogen-bond acceptors (Lipinski definition) is 10. The SMILES string of the molecule is CS(=O)(=O)CCNCc1ccc(-c2cc3c(Nc4ccc(S(=O)(=O)c5ccccc5)cc4)ncnc3cn2)o1. The van der Waals surface area contributed by atoms with Crippen LogP contribution in [0.4, 0.5) is 11.5 Å². The Morgan fingerprint density at radius 2 is 1.59 bits per heavy atom. The molecule has 39 heavy (non-hydrogen) atoms. The van der Waals surface area contributed by atoms with Crippen LogP contribution in [0.15, 0.2) is 99.5 Å². The topological polar surface area (TPSA) is 144 Å². The quantitative estimate of drug-likeness (QED) is 0.239. The van der Waals surface area contributed by atoms with Crippen molar-refractivity contribution in [2.45, 2.75) is 16.3 Å². The van der Waals surface area contributed by atoms with Gasteiger partial charge in [-0.15, -0.1) is 0 Å². The normalized spacial score (nSPS) is 12.0. The maximum atomic E-state index is 12.9. The molecule has 3 heterocycles. The van der Waals surface area contributed by atoms with Crippen LogP contribution in [0.3, 0.4) is 0 Å².